The number of nitrogens with zero attached hydrogens (tertiary/aromatic N) is 7. The van der Waals surface area contributed by atoms with Crippen molar-refractivity contribution in [3.8, 4) is 0 Å². The number of hydrogen-bond donors (Lipinski definition) is 1. The zero-order chi connectivity index (χ0) is 21.5. The van der Waals surface area contributed by atoms with E-state index in [1.54, 1.807) is 10.8 Å². The summed E-state index contributed by atoms with van der Waals surface area (Å²) in [6, 6.07) is 8.04. The first-order valence-electron chi connectivity index (χ1n) is 11.4. The maximum Gasteiger partial charge on any atom is 0.225 e. The summed E-state index contributed by atoms with van der Waals surface area (Å²) in [5.41, 5.74) is 3.03. The van der Waals surface area contributed by atoms with Crippen LogP contribution in [0.3, 0.4) is 0 Å². The molecule has 0 aromatic carbocycles. The fourth-order valence-electron chi connectivity index (χ4n) is 5.23. The number of nitrogens with one attached hydrogen (secondary N) is 1. The number of aromatic amines is 1. The lowest BCUT2D eigenvalue weighted by molar-refractivity contribution is -0.137. The molecule has 2 saturated heterocycles. The fourth-order valence-corrected chi connectivity index (χ4v) is 5.23. The fraction of sp³-hybridized carbons (Fsp3) is 0.435. The van der Waals surface area contributed by atoms with Crippen molar-refractivity contribution in [2.45, 2.75) is 31.6 Å². The summed E-state index contributed by atoms with van der Waals surface area (Å²) in [6.07, 6.45) is 9.29. The molecule has 2 aliphatic rings. The van der Waals surface area contributed by atoms with Crippen molar-refractivity contribution >= 4 is 28.4 Å². The van der Waals surface area contributed by atoms with Crippen LogP contribution in [-0.4, -0.2) is 66.8 Å². The van der Waals surface area contributed by atoms with Crippen LogP contribution in [0, 0.1) is 5.92 Å². The van der Waals surface area contributed by atoms with Gasteiger partial charge in [0.25, 0.3) is 0 Å². The highest BCUT2D eigenvalue weighted by Gasteiger charge is 2.32. The molecule has 32 heavy (non-hydrogen) atoms. The van der Waals surface area contributed by atoms with Crippen LogP contribution in [0.5, 0.6) is 0 Å². The summed E-state index contributed by atoms with van der Waals surface area (Å²) in [7, 11) is 0. The number of rotatable bonds is 3. The Morgan fingerprint density at radius 3 is 2.72 bits per heavy atom. The highest BCUT2D eigenvalue weighted by molar-refractivity contribution is 5.81. The highest BCUT2D eigenvalue weighted by atomic mass is 16.2. The topological polar surface area (TPSA) is 95.3 Å². The number of amides is 1. The third-order valence-corrected chi connectivity index (χ3v) is 7.05. The van der Waals surface area contributed by atoms with Gasteiger partial charge < -0.3 is 14.8 Å². The second kappa shape index (κ2) is 7.89. The Morgan fingerprint density at radius 2 is 1.88 bits per heavy atom. The van der Waals surface area contributed by atoms with Gasteiger partial charge in [0.15, 0.2) is 5.65 Å². The molecule has 0 spiro atoms. The van der Waals surface area contributed by atoms with Gasteiger partial charge in [-0.15, -0.1) is 15.3 Å². The molecule has 1 N–H and O–H groups in total. The molecule has 0 bridgehead atoms. The first kappa shape index (κ1) is 19.2. The van der Waals surface area contributed by atoms with E-state index in [4.69, 9.17) is 0 Å². The Balaban J connectivity index is 1.05. The van der Waals surface area contributed by atoms with Crippen LogP contribution < -0.4 is 4.90 Å². The lowest BCUT2D eigenvalue weighted by Crippen LogP contribution is -2.45. The zero-order valence-corrected chi connectivity index (χ0v) is 17.9. The van der Waals surface area contributed by atoms with Crippen LogP contribution in [0.15, 0.2) is 43.0 Å². The molecular formula is C23H26N8O. The smallest absolute Gasteiger partial charge is 0.225 e. The van der Waals surface area contributed by atoms with E-state index < -0.39 is 0 Å². The molecule has 6 rings (SSSR count). The molecule has 0 radical (unpaired) electrons. The van der Waals surface area contributed by atoms with Crippen molar-refractivity contribution in [3.05, 3.63) is 48.5 Å². The predicted octanol–water partition coefficient (Wildman–Crippen LogP) is 2.62. The summed E-state index contributed by atoms with van der Waals surface area (Å²) in [5.74, 6) is 1.83. The summed E-state index contributed by atoms with van der Waals surface area (Å²) in [6.45, 7) is 3.36. The van der Waals surface area contributed by atoms with Crippen LogP contribution in [-0.2, 0) is 4.79 Å². The monoisotopic (exact) mass is 430 g/mol. The van der Waals surface area contributed by atoms with E-state index in [2.05, 4.69) is 47.3 Å². The Hall–Kier alpha value is -3.49. The quantitative estimate of drug-likeness (QED) is 0.537. The van der Waals surface area contributed by atoms with Crippen LogP contribution >= 0.6 is 0 Å². The second-order valence-corrected chi connectivity index (χ2v) is 8.83. The number of hydrogen-bond acceptors (Lipinski definition) is 6. The molecular weight excluding hydrogens is 404 g/mol. The molecule has 0 saturated carbocycles. The number of anilines is 1. The summed E-state index contributed by atoms with van der Waals surface area (Å²) >= 11 is 0. The van der Waals surface area contributed by atoms with Gasteiger partial charge in [-0.2, -0.15) is 4.52 Å². The van der Waals surface area contributed by atoms with Crippen LogP contribution in [0.1, 0.15) is 37.2 Å². The summed E-state index contributed by atoms with van der Waals surface area (Å²) in [5, 5.41) is 13.7. The number of likely N-dealkylation sites (tertiary alicyclic amines) is 1. The average Bonchev–Trinajstić information content (AvgIpc) is 3.50. The molecule has 2 aliphatic heterocycles. The first-order valence-corrected chi connectivity index (χ1v) is 11.4. The minimum Gasteiger partial charge on any atom is -0.355 e. The van der Waals surface area contributed by atoms with Gasteiger partial charge in [-0.3, -0.25) is 4.79 Å². The van der Waals surface area contributed by atoms with Gasteiger partial charge in [0.05, 0.1) is 0 Å². The molecule has 2 fully saturated rings. The Labute approximate surface area is 185 Å². The van der Waals surface area contributed by atoms with E-state index in [0.717, 1.165) is 69.0 Å². The Bertz CT molecular complexity index is 1250. The number of piperidine rings is 2. The third kappa shape index (κ3) is 3.37. The molecule has 0 unspecified atom stereocenters. The van der Waals surface area contributed by atoms with E-state index in [-0.39, 0.29) is 5.92 Å². The first-order chi connectivity index (χ1) is 15.8. The highest BCUT2D eigenvalue weighted by Crippen LogP contribution is 2.33. The van der Waals surface area contributed by atoms with E-state index in [0.29, 0.717) is 11.8 Å². The number of pyridine rings is 1. The lowest BCUT2D eigenvalue weighted by Gasteiger charge is -2.37. The standard InChI is InChI=1S/C23H26N8O/c32-23(17-7-10-29(11-8-17)21-4-3-20-27-26-15-31(20)28-21)30-12-5-16(6-13-30)19-14-25-22-18(19)2-1-9-24-22/h1-4,9,14-17H,5-8,10-13H2,(H,24,25). The van der Waals surface area contributed by atoms with E-state index in [1.807, 2.05) is 24.4 Å². The molecule has 4 aromatic heterocycles. The van der Waals surface area contributed by atoms with Crippen LogP contribution in [0.25, 0.3) is 16.7 Å². The van der Waals surface area contributed by atoms with Crippen molar-refractivity contribution in [2.75, 3.05) is 31.1 Å². The van der Waals surface area contributed by atoms with E-state index in [1.165, 1.54) is 10.9 Å². The van der Waals surface area contributed by atoms with E-state index >= 15 is 0 Å². The normalized spacial score (nSPS) is 18.6. The second-order valence-electron chi connectivity index (χ2n) is 8.83. The number of carbonyl (C=O) groups excluding carboxylic acids is 1. The Morgan fingerprint density at radius 1 is 1.03 bits per heavy atom. The predicted molar refractivity (Wildman–Crippen MR) is 120 cm³/mol. The van der Waals surface area contributed by atoms with Gasteiger partial charge >= 0.3 is 0 Å². The molecule has 1 amide bonds. The number of carbonyl (C=O) groups is 1. The summed E-state index contributed by atoms with van der Waals surface area (Å²) in [4.78, 5) is 25.2. The SMILES string of the molecule is O=C(C1CCN(c2ccc3nncn3n2)CC1)N1CCC(c2c[nH]c3ncccc23)CC1. The van der Waals surface area contributed by atoms with Crippen molar-refractivity contribution in [3.63, 3.8) is 0 Å². The van der Waals surface area contributed by atoms with Gasteiger partial charge in [-0.25, -0.2) is 4.98 Å². The number of H-pyrrole nitrogens is 1. The van der Waals surface area contributed by atoms with Gasteiger partial charge in [-0.05, 0) is 61.4 Å². The molecule has 0 atom stereocenters. The van der Waals surface area contributed by atoms with Crippen LogP contribution in [0.4, 0.5) is 5.82 Å². The maximum absolute atomic E-state index is 13.2. The van der Waals surface area contributed by atoms with Gasteiger partial charge in [0.1, 0.15) is 17.8 Å². The molecule has 9 nitrogen and oxygen atoms in total. The number of fused-ring (bicyclic) bond motifs is 2. The average molecular weight is 431 g/mol. The van der Waals surface area contributed by atoms with Gasteiger partial charge in [-0.1, -0.05) is 0 Å². The van der Waals surface area contributed by atoms with Crippen molar-refractivity contribution < 1.29 is 4.79 Å². The van der Waals surface area contributed by atoms with E-state index in [9.17, 15) is 4.79 Å². The minimum atomic E-state index is 0.110. The minimum absolute atomic E-state index is 0.110. The Kier molecular flexibility index (Phi) is 4.74. The third-order valence-electron chi connectivity index (χ3n) is 7.05. The zero-order valence-electron chi connectivity index (χ0n) is 17.9. The molecule has 9 heteroatoms. The molecule has 4 aromatic rings. The van der Waals surface area contributed by atoms with Crippen molar-refractivity contribution in [2.24, 2.45) is 5.92 Å². The van der Waals surface area contributed by atoms with Crippen molar-refractivity contribution in [1.29, 1.82) is 0 Å². The maximum atomic E-state index is 13.2. The number of aromatic nitrogens is 6. The molecule has 6 heterocycles. The largest absolute Gasteiger partial charge is 0.355 e. The van der Waals surface area contributed by atoms with Gasteiger partial charge in [0, 0.05) is 49.9 Å². The molecule has 164 valence electrons. The van der Waals surface area contributed by atoms with Gasteiger partial charge in [0.2, 0.25) is 5.91 Å². The summed E-state index contributed by atoms with van der Waals surface area (Å²) < 4.78 is 1.69. The lowest BCUT2D eigenvalue weighted by atomic mass is 9.88. The van der Waals surface area contributed by atoms with Crippen molar-refractivity contribution in [1.82, 2.24) is 34.7 Å². The van der Waals surface area contributed by atoms with Crippen LogP contribution in [0.2, 0.25) is 0 Å². The molecule has 0 aliphatic carbocycles.